The second-order valence-electron chi connectivity index (χ2n) is 10.7. The van der Waals surface area contributed by atoms with E-state index in [1.54, 1.807) is 62.6 Å². The van der Waals surface area contributed by atoms with Crippen molar-refractivity contribution in [3.8, 4) is 11.5 Å². The number of amides is 2. The number of benzene rings is 3. The average molecular weight is 616 g/mol. The first-order valence-electron chi connectivity index (χ1n) is 13.5. The summed E-state index contributed by atoms with van der Waals surface area (Å²) in [6.07, 6.45) is 0. The summed E-state index contributed by atoms with van der Waals surface area (Å²) in [5, 5.41) is 3.29. The minimum absolute atomic E-state index is 0.0335. The molecule has 3 aromatic carbocycles. The number of hydrogen-bond acceptors (Lipinski definition) is 6. The van der Waals surface area contributed by atoms with E-state index in [0.717, 1.165) is 9.87 Å². The fourth-order valence-electron chi connectivity index (χ4n) is 4.12. The SMILES string of the molecule is CCOc1ccc(N(CC(=O)N(Cc2ccc(OC)cc2)[C@H](C)C(=O)NC(C)(C)C)S(=O)(=O)c2ccc(Cl)cc2)cc1. The maximum Gasteiger partial charge on any atom is 0.264 e. The Labute approximate surface area is 253 Å². The van der Waals surface area contributed by atoms with E-state index >= 15 is 0 Å². The zero-order valence-corrected chi connectivity index (χ0v) is 26.3. The van der Waals surface area contributed by atoms with E-state index in [1.165, 1.54) is 29.2 Å². The number of nitrogens with one attached hydrogen (secondary N) is 1. The summed E-state index contributed by atoms with van der Waals surface area (Å²) >= 11 is 6.01. The van der Waals surface area contributed by atoms with Gasteiger partial charge in [-0.05, 0) is 101 Å². The van der Waals surface area contributed by atoms with Crippen molar-refractivity contribution in [3.05, 3.63) is 83.4 Å². The van der Waals surface area contributed by atoms with Crippen LogP contribution < -0.4 is 19.1 Å². The molecule has 0 spiro atoms. The van der Waals surface area contributed by atoms with Gasteiger partial charge in [-0.15, -0.1) is 0 Å². The summed E-state index contributed by atoms with van der Waals surface area (Å²) in [4.78, 5) is 28.6. The van der Waals surface area contributed by atoms with Gasteiger partial charge in [0.2, 0.25) is 11.8 Å². The molecule has 11 heteroatoms. The Morgan fingerprint density at radius 2 is 1.50 bits per heavy atom. The first-order chi connectivity index (χ1) is 19.7. The number of sulfonamides is 1. The van der Waals surface area contributed by atoms with Crippen molar-refractivity contribution >= 4 is 39.1 Å². The molecule has 1 atom stereocenters. The highest BCUT2D eigenvalue weighted by Gasteiger charge is 2.33. The van der Waals surface area contributed by atoms with E-state index in [2.05, 4.69) is 5.32 Å². The van der Waals surface area contributed by atoms with Gasteiger partial charge in [0, 0.05) is 17.1 Å². The molecule has 3 rings (SSSR count). The number of methoxy groups -OCH3 is 1. The van der Waals surface area contributed by atoms with Crippen molar-refractivity contribution in [2.45, 2.75) is 57.6 Å². The molecule has 0 aliphatic carbocycles. The van der Waals surface area contributed by atoms with Gasteiger partial charge in [-0.3, -0.25) is 13.9 Å². The Balaban J connectivity index is 2.03. The van der Waals surface area contributed by atoms with E-state index in [9.17, 15) is 18.0 Å². The molecule has 0 aliphatic rings. The lowest BCUT2D eigenvalue weighted by Crippen LogP contribution is -2.54. The lowest BCUT2D eigenvalue weighted by Gasteiger charge is -2.33. The normalized spacial score (nSPS) is 12.3. The van der Waals surface area contributed by atoms with Crippen LogP contribution in [-0.2, 0) is 26.2 Å². The van der Waals surface area contributed by atoms with Crippen molar-refractivity contribution in [2.24, 2.45) is 0 Å². The van der Waals surface area contributed by atoms with Gasteiger partial charge < -0.3 is 19.7 Å². The van der Waals surface area contributed by atoms with Crippen LogP contribution in [0.4, 0.5) is 5.69 Å². The molecule has 0 saturated heterocycles. The van der Waals surface area contributed by atoms with Crippen molar-refractivity contribution in [1.82, 2.24) is 10.2 Å². The van der Waals surface area contributed by atoms with Gasteiger partial charge in [-0.1, -0.05) is 23.7 Å². The number of halogens is 1. The zero-order chi connectivity index (χ0) is 31.1. The number of rotatable bonds is 12. The van der Waals surface area contributed by atoms with Crippen molar-refractivity contribution in [2.75, 3.05) is 24.6 Å². The Morgan fingerprint density at radius 3 is 2.02 bits per heavy atom. The Hall–Kier alpha value is -3.76. The van der Waals surface area contributed by atoms with Crippen LogP contribution in [0.1, 0.15) is 40.2 Å². The first kappa shape index (κ1) is 32.8. The fraction of sp³-hybridized carbons (Fsp3) is 0.355. The van der Waals surface area contributed by atoms with Crippen LogP contribution >= 0.6 is 11.6 Å². The molecule has 0 fully saturated rings. The fourth-order valence-corrected chi connectivity index (χ4v) is 5.66. The minimum Gasteiger partial charge on any atom is -0.497 e. The van der Waals surface area contributed by atoms with Gasteiger partial charge in [0.1, 0.15) is 24.1 Å². The largest absolute Gasteiger partial charge is 0.497 e. The molecule has 0 aromatic heterocycles. The van der Waals surface area contributed by atoms with Crippen LogP contribution in [0.5, 0.6) is 11.5 Å². The highest BCUT2D eigenvalue weighted by Crippen LogP contribution is 2.27. The molecule has 226 valence electrons. The van der Waals surface area contributed by atoms with E-state index in [0.29, 0.717) is 23.1 Å². The summed E-state index contributed by atoms with van der Waals surface area (Å²) in [5.74, 6) is 0.280. The van der Waals surface area contributed by atoms with E-state index in [1.807, 2.05) is 27.7 Å². The Kier molecular flexibility index (Phi) is 10.9. The molecule has 3 aromatic rings. The molecule has 1 N–H and O–H groups in total. The van der Waals surface area contributed by atoms with Gasteiger partial charge in [-0.2, -0.15) is 0 Å². The van der Waals surface area contributed by atoms with Crippen LogP contribution in [0.25, 0.3) is 0 Å². The molecule has 9 nitrogen and oxygen atoms in total. The van der Waals surface area contributed by atoms with Gasteiger partial charge in [0.15, 0.2) is 0 Å². The first-order valence-corrected chi connectivity index (χ1v) is 15.3. The molecular weight excluding hydrogens is 578 g/mol. The van der Waals surface area contributed by atoms with Crippen LogP contribution in [0, 0.1) is 0 Å². The molecule has 42 heavy (non-hydrogen) atoms. The van der Waals surface area contributed by atoms with Crippen molar-refractivity contribution < 1.29 is 27.5 Å². The number of ether oxygens (including phenoxy) is 2. The summed E-state index contributed by atoms with van der Waals surface area (Å²) in [6.45, 7) is 8.97. The van der Waals surface area contributed by atoms with Gasteiger partial charge in [-0.25, -0.2) is 8.42 Å². The number of carbonyl (C=O) groups excluding carboxylic acids is 2. The molecule has 0 aliphatic heterocycles. The molecule has 0 heterocycles. The molecule has 0 bridgehead atoms. The molecule has 0 saturated carbocycles. The van der Waals surface area contributed by atoms with Crippen molar-refractivity contribution in [1.29, 1.82) is 0 Å². The third kappa shape index (κ3) is 8.62. The third-order valence-electron chi connectivity index (χ3n) is 6.29. The van der Waals surface area contributed by atoms with Gasteiger partial charge in [0.25, 0.3) is 10.0 Å². The highest BCUT2D eigenvalue weighted by molar-refractivity contribution is 7.92. The molecular formula is C31H38ClN3O6S. The van der Waals surface area contributed by atoms with E-state index in [-0.39, 0.29) is 23.0 Å². The smallest absolute Gasteiger partial charge is 0.264 e. The third-order valence-corrected chi connectivity index (χ3v) is 8.33. The Bertz CT molecular complexity index is 1450. The second kappa shape index (κ2) is 13.9. The molecule has 0 radical (unpaired) electrons. The maximum atomic E-state index is 14.0. The van der Waals surface area contributed by atoms with Crippen LogP contribution in [-0.4, -0.2) is 57.0 Å². The maximum absolute atomic E-state index is 14.0. The summed E-state index contributed by atoms with van der Waals surface area (Å²) < 4.78 is 39.6. The average Bonchev–Trinajstić information content (AvgIpc) is 2.94. The van der Waals surface area contributed by atoms with E-state index in [4.69, 9.17) is 21.1 Å². The summed E-state index contributed by atoms with van der Waals surface area (Å²) in [7, 11) is -2.66. The lowest BCUT2D eigenvalue weighted by molar-refractivity contribution is -0.140. The standard InChI is InChI=1S/C31H38ClN3O6S/c1-7-41-27-16-12-25(13-17-27)35(42(38,39)28-18-10-24(32)11-19-28)21-29(36)34(22(2)30(37)33-31(3,4)5)20-23-8-14-26(40-6)15-9-23/h8-19,22H,7,20-21H2,1-6H3,(H,33,37)/t22-/m1/s1. The molecule has 2 amide bonds. The topological polar surface area (TPSA) is 105 Å². The quantitative estimate of drug-likeness (QED) is 0.297. The minimum atomic E-state index is -4.21. The number of hydrogen-bond donors (Lipinski definition) is 1. The Morgan fingerprint density at radius 1 is 0.929 bits per heavy atom. The van der Waals surface area contributed by atoms with Crippen LogP contribution in [0.15, 0.2) is 77.7 Å². The zero-order valence-electron chi connectivity index (χ0n) is 24.8. The second-order valence-corrected chi connectivity index (χ2v) is 13.0. The summed E-state index contributed by atoms with van der Waals surface area (Å²) in [6, 6.07) is 18.4. The van der Waals surface area contributed by atoms with Crippen LogP contribution in [0.3, 0.4) is 0 Å². The summed E-state index contributed by atoms with van der Waals surface area (Å²) in [5.41, 5.74) is 0.470. The van der Waals surface area contributed by atoms with Crippen LogP contribution in [0.2, 0.25) is 5.02 Å². The number of carbonyl (C=O) groups is 2. The van der Waals surface area contributed by atoms with Gasteiger partial charge >= 0.3 is 0 Å². The predicted octanol–water partition coefficient (Wildman–Crippen LogP) is 5.27. The van der Waals surface area contributed by atoms with E-state index < -0.39 is 34.1 Å². The molecule has 0 unspecified atom stereocenters. The number of anilines is 1. The number of nitrogens with zero attached hydrogens (tertiary/aromatic N) is 2. The van der Waals surface area contributed by atoms with Crippen molar-refractivity contribution in [3.63, 3.8) is 0 Å². The van der Waals surface area contributed by atoms with Gasteiger partial charge in [0.05, 0.1) is 24.3 Å². The predicted molar refractivity (Wildman–Crippen MR) is 164 cm³/mol. The lowest BCUT2D eigenvalue weighted by atomic mass is 10.1. The highest BCUT2D eigenvalue weighted by atomic mass is 35.5. The monoisotopic (exact) mass is 615 g/mol.